The van der Waals surface area contributed by atoms with Gasteiger partial charge in [-0.1, -0.05) is 123 Å². The van der Waals surface area contributed by atoms with Crippen molar-refractivity contribution in [3.05, 3.63) is 169 Å². The summed E-state index contributed by atoms with van der Waals surface area (Å²) in [5.74, 6) is 1.35. The van der Waals surface area contributed by atoms with E-state index in [4.69, 9.17) is 4.42 Å². The van der Waals surface area contributed by atoms with Gasteiger partial charge in [-0.05, 0) is 115 Å². The molecule has 10 rings (SSSR count). The van der Waals surface area contributed by atoms with Crippen LogP contribution in [-0.4, -0.2) is 0 Å². The number of benzene rings is 7. The molecule has 0 atom stereocenters. The molecule has 8 aromatic rings. The van der Waals surface area contributed by atoms with E-state index in [1.165, 1.54) is 86.1 Å². The molecule has 0 aliphatic heterocycles. The number of hydrogen-bond donors (Lipinski definition) is 0. The molecule has 0 amide bonds. The van der Waals surface area contributed by atoms with Crippen molar-refractivity contribution >= 4 is 66.8 Å². The Morgan fingerprint density at radius 1 is 0.364 bits per heavy atom. The van der Waals surface area contributed by atoms with Crippen LogP contribution >= 0.6 is 0 Å². The predicted molar refractivity (Wildman–Crippen MR) is 232 cm³/mol. The summed E-state index contributed by atoms with van der Waals surface area (Å²) in [6.45, 7) is 0. The monoisotopic (exact) mass is 716 g/mol. The Labute approximate surface area is 324 Å². The van der Waals surface area contributed by atoms with Crippen LogP contribution in [0.2, 0.25) is 0 Å². The van der Waals surface area contributed by atoms with Gasteiger partial charge in [-0.2, -0.15) is 0 Å². The third-order valence-corrected chi connectivity index (χ3v) is 12.4. The average molecular weight is 717 g/mol. The van der Waals surface area contributed by atoms with Crippen LogP contribution in [0.1, 0.15) is 87.2 Å². The van der Waals surface area contributed by atoms with E-state index >= 15 is 0 Å². The molecular formula is C52H48N2O. The van der Waals surface area contributed by atoms with Gasteiger partial charge in [0.05, 0.1) is 5.69 Å². The molecule has 272 valence electrons. The summed E-state index contributed by atoms with van der Waals surface area (Å²) in [6, 6.07) is 58.0. The summed E-state index contributed by atoms with van der Waals surface area (Å²) in [4.78, 5) is 4.76. The minimum atomic E-state index is 0.671. The summed E-state index contributed by atoms with van der Waals surface area (Å²) >= 11 is 0. The minimum absolute atomic E-state index is 0.671. The van der Waals surface area contributed by atoms with E-state index < -0.39 is 0 Å². The average Bonchev–Trinajstić information content (AvgIpc) is 3.64. The van der Waals surface area contributed by atoms with Crippen LogP contribution in [0.4, 0.5) is 34.1 Å². The van der Waals surface area contributed by atoms with Crippen molar-refractivity contribution in [3.63, 3.8) is 0 Å². The van der Waals surface area contributed by atoms with Gasteiger partial charge in [0.25, 0.3) is 0 Å². The number of furan rings is 1. The molecule has 0 spiro atoms. The van der Waals surface area contributed by atoms with E-state index in [0.29, 0.717) is 11.8 Å². The number of hydrogen-bond acceptors (Lipinski definition) is 3. The molecule has 3 heteroatoms. The smallest absolute Gasteiger partial charge is 0.138 e. The third kappa shape index (κ3) is 6.46. The molecule has 2 fully saturated rings. The Bertz CT molecular complexity index is 2540. The number of nitrogens with zero attached hydrogens (tertiary/aromatic N) is 2. The standard InChI is InChI=1S/C52H48N2O/c1-5-15-37(16-6-1)39-25-29-43(30-26-39)53(41-19-9-3-10-20-41)45-33-34-48-50(35-45)55-51-36-49(46-23-13-14-24-47(46)52(48)51)54(42-21-11-4-12-22-42)44-31-27-40(28-32-44)38-17-7-2-8-18-38/h3-4,9-14,19-38H,1-2,5-8,15-18H2. The highest BCUT2D eigenvalue weighted by molar-refractivity contribution is 6.22. The van der Waals surface area contributed by atoms with Crippen molar-refractivity contribution in [2.45, 2.75) is 76.0 Å². The van der Waals surface area contributed by atoms with Gasteiger partial charge in [-0.25, -0.2) is 0 Å². The van der Waals surface area contributed by atoms with Crippen LogP contribution in [0.25, 0.3) is 32.7 Å². The maximum Gasteiger partial charge on any atom is 0.138 e. The first-order valence-electron chi connectivity index (χ1n) is 20.6. The highest BCUT2D eigenvalue weighted by Crippen LogP contribution is 2.46. The molecule has 2 aliphatic carbocycles. The van der Waals surface area contributed by atoms with Gasteiger partial charge in [0.15, 0.2) is 0 Å². The Hall–Kier alpha value is -5.80. The van der Waals surface area contributed by atoms with Crippen LogP contribution in [0.3, 0.4) is 0 Å². The zero-order chi connectivity index (χ0) is 36.6. The number of anilines is 6. The van der Waals surface area contributed by atoms with Crippen molar-refractivity contribution < 1.29 is 4.42 Å². The molecule has 0 radical (unpaired) electrons. The summed E-state index contributed by atoms with van der Waals surface area (Å²) in [7, 11) is 0. The zero-order valence-electron chi connectivity index (χ0n) is 31.5. The Morgan fingerprint density at radius 3 is 1.42 bits per heavy atom. The van der Waals surface area contributed by atoms with Crippen LogP contribution < -0.4 is 9.80 Å². The lowest BCUT2D eigenvalue weighted by Crippen LogP contribution is -2.11. The van der Waals surface area contributed by atoms with Crippen LogP contribution in [0, 0.1) is 0 Å². The van der Waals surface area contributed by atoms with Gasteiger partial charge in [-0.3, -0.25) is 0 Å². The lowest BCUT2D eigenvalue weighted by molar-refractivity contribution is 0.443. The number of para-hydroxylation sites is 2. The second-order valence-electron chi connectivity index (χ2n) is 15.8. The number of rotatable bonds is 8. The van der Waals surface area contributed by atoms with Gasteiger partial charge in [0.1, 0.15) is 11.2 Å². The molecule has 1 heterocycles. The summed E-state index contributed by atoms with van der Waals surface area (Å²) in [5, 5.41) is 4.68. The highest BCUT2D eigenvalue weighted by Gasteiger charge is 2.23. The predicted octanol–water partition coefficient (Wildman–Crippen LogP) is 15.8. The topological polar surface area (TPSA) is 19.6 Å². The van der Waals surface area contributed by atoms with Gasteiger partial charge in [-0.15, -0.1) is 0 Å². The number of fused-ring (bicyclic) bond motifs is 5. The van der Waals surface area contributed by atoms with E-state index in [2.05, 4.69) is 168 Å². The molecule has 0 unspecified atom stereocenters. The second-order valence-corrected chi connectivity index (χ2v) is 15.8. The fourth-order valence-corrected chi connectivity index (χ4v) is 9.63. The van der Waals surface area contributed by atoms with Gasteiger partial charge >= 0.3 is 0 Å². The maximum atomic E-state index is 6.93. The lowest BCUT2D eigenvalue weighted by atomic mass is 9.84. The third-order valence-electron chi connectivity index (χ3n) is 12.4. The largest absolute Gasteiger partial charge is 0.456 e. The first-order valence-corrected chi connectivity index (χ1v) is 20.6. The van der Waals surface area contributed by atoms with Gasteiger partial charge < -0.3 is 14.2 Å². The minimum Gasteiger partial charge on any atom is -0.456 e. The van der Waals surface area contributed by atoms with Crippen LogP contribution in [0.15, 0.2) is 162 Å². The van der Waals surface area contributed by atoms with E-state index in [1.54, 1.807) is 0 Å². The van der Waals surface area contributed by atoms with Crippen molar-refractivity contribution in [3.8, 4) is 0 Å². The first kappa shape index (κ1) is 33.7. The van der Waals surface area contributed by atoms with E-state index in [-0.39, 0.29) is 0 Å². The molecule has 0 saturated heterocycles. The summed E-state index contributed by atoms with van der Waals surface area (Å²) in [6.07, 6.45) is 13.3. The molecule has 0 bridgehead atoms. The quantitative estimate of drug-likeness (QED) is 0.156. The van der Waals surface area contributed by atoms with E-state index in [1.807, 2.05) is 0 Å². The highest BCUT2D eigenvalue weighted by atomic mass is 16.3. The molecule has 7 aromatic carbocycles. The Kier molecular flexibility index (Phi) is 9.08. The van der Waals surface area contributed by atoms with Gasteiger partial charge in [0, 0.05) is 56.7 Å². The van der Waals surface area contributed by atoms with Gasteiger partial charge in [0.2, 0.25) is 0 Å². The Balaban J connectivity index is 1.09. The molecular weight excluding hydrogens is 669 g/mol. The SMILES string of the molecule is c1ccc(N(c2ccc(C3CCCCC3)cc2)c2ccc3c(c2)oc2cc(N(c4ccccc4)c4ccc(C5CCCCC5)cc4)c4ccccc4c23)cc1. The van der Waals surface area contributed by atoms with Crippen molar-refractivity contribution in [2.24, 2.45) is 0 Å². The van der Waals surface area contributed by atoms with Crippen molar-refractivity contribution in [2.75, 3.05) is 9.80 Å². The lowest BCUT2D eigenvalue weighted by Gasteiger charge is -2.28. The second kappa shape index (κ2) is 14.8. The molecule has 3 nitrogen and oxygen atoms in total. The molecule has 1 aromatic heterocycles. The maximum absolute atomic E-state index is 6.93. The van der Waals surface area contributed by atoms with E-state index in [0.717, 1.165) is 56.1 Å². The van der Waals surface area contributed by atoms with Crippen molar-refractivity contribution in [1.29, 1.82) is 0 Å². The normalized spacial score (nSPS) is 15.5. The molecule has 55 heavy (non-hydrogen) atoms. The Morgan fingerprint density at radius 2 is 0.836 bits per heavy atom. The fraction of sp³-hybridized carbons (Fsp3) is 0.231. The molecule has 0 N–H and O–H groups in total. The van der Waals surface area contributed by atoms with Crippen molar-refractivity contribution in [1.82, 2.24) is 0 Å². The van der Waals surface area contributed by atoms with Crippen LogP contribution in [-0.2, 0) is 0 Å². The molecule has 2 saturated carbocycles. The van der Waals surface area contributed by atoms with Crippen LogP contribution in [0.5, 0.6) is 0 Å². The fourth-order valence-electron chi connectivity index (χ4n) is 9.63. The summed E-state index contributed by atoms with van der Waals surface area (Å²) < 4.78 is 6.93. The molecule has 2 aliphatic rings. The summed E-state index contributed by atoms with van der Waals surface area (Å²) in [5.41, 5.74) is 11.5. The van der Waals surface area contributed by atoms with E-state index in [9.17, 15) is 0 Å². The zero-order valence-corrected chi connectivity index (χ0v) is 31.5. The first-order chi connectivity index (χ1) is 27.3.